The van der Waals surface area contributed by atoms with Crippen LogP contribution in [-0.2, 0) is 0 Å². The molecule has 4 heteroatoms. The molecule has 4 nitrogen and oxygen atoms in total. The van der Waals surface area contributed by atoms with Crippen LogP contribution in [0.2, 0.25) is 0 Å². The molecular weight excluding hydrogens is 200 g/mol. The fraction of sp³-hybridized carbons (Fsp3) is 0.667. The van der Waals surface area contributed by atoms with Crippen LogP contribution in [0, 0.1) is 13.8 Å². The fourth-order valence-corrected chi connectivity index (χ4v) is 1.56. The quantitative estimate of drug-likeness (QED) is 0.800. The molecule has 0 radical (unpaired) electrons. The van der Waals surface area contributed by atoms with Crippen LogP contribution in [0.25, 0.3) is 0 Å². The van der Waals surface area contributed by atoms with Gasteiger partial charge in [0, 0.05) is 5.54 Å². The minimum absolute atomic E-state index is 0.00509. The van der Waals surface area contributed by atoms with Gasteiger partial charge >= 0.3 is 0 Å². The molecule has 1 unspecified atom stereocenters. The highest BCUT2D eigenvalue weighted by atomic mass is 15.1. The molecule has 0 spiro atoms. The lowest BCUT2D eigenvalue weighted by molar-refractivity contribution is 0.461. The summed E-state index contributed by atoms with van der Waals surface area (Å²) in [6.45, 7) is 8.92. The predicted octanol–water partition coefficient (Wildman–Crippen LogP) is 2.02. The Kier molecular flexibility index (Phi) is 4.24. The fourth-order valence-electron chi connectivity index (χ4n) is 1.56. The Morgan fingerprint density at radius 2 is 2.06 bits per heavy atom. The SMILES string of the molecule is CCC(C)(CCN)Nc1cnc(C)c(C)n1. The zero-order valence-corrected chi connectivity index (χ0v) is 10.7. The van der Waals surface area contributed by atoms with Crippen molar-refractivity contribution in [2.45, 2.75) is 46.1 Å². The topological polar surface area (TPSA) is 63.8 Å². The molecule has 0 bridgehead atoms. The summed E-state index contributed by atoms with van der Waals surface area (Å²) in [5.41, 5.74) is 7.57. The zero-order valence-electron chi connectivity index (χ0n) is 10.7. The maximum absolute atomic E-state index is 5.62. The highest BCUT2D eigenvalue weighted by molar-refractivity contribution is 5.36. The summed E-state index contributed by atoms with van der Waals surface area (Å²) in [7, 11) is 0. The summed E-state index contributed by atoms with van der Waals surface area (Å²) in [6, 6.07) is 0. The molecule has 1 aromatic heterocycles. The van der Waals surface area contributed by atoms with Gasteiger partial charge in [-0.15, -0.1) is 0 Å². The number of nitrogens with one attached hydrogen (secondary N) is 1. The Hall–Kier alpha value is -1.16. The van der Waals surface area contributed by atoms with E-state index < -0.39 is 0 Å². The maximum atomic E-state index is 5.62. The van der Waals surface area contributed by atoms with Crippen LogP contribution >= 0.6 is 0 Å². The van der Waals surface area contributed by atoms with Crippen LogP contribution in [0.1, 0.15) is 38.1 Å². The molecule has 1 heterocycles. The molecule has 0 amide bonds. The first-order chi connectivity index (χ1) is 7.50. The summed E-state index contributed by atoms with van der Waals surface area (Å²) < 4.78 is 0. The second-order valence-electron chi connectivity index (χ2n) is 4.50. The lowest BCUT2D eigenvalue weighted by atomic mass is 9.94. The molecule has 0 aromatic carbocycles. The lowest BCUT2D eigenvalue weighted by Gasteiger charge is -2.29. The molecule has 16 heavy (non-hydrogen) atoms. The van der Waals surface area contributed by atoms with Crippen molar-refractivity contribution >= 4 is 5.82 Å². The van der Waals surface area contributed by atoms with E-state index in [1.807, 2.05) is 13.8 Å². The third-order valence-electron chi connectivity index (χ3n) is 3.10. The van der Waals surface area contributed by atoms with Crippen LogP contribution in [0.4, 0.5) is 5.82 Å². The average Bonchev–Trinajstić information content (AvgIpc) is 2.24. The Balaban J connectivity index is 2.81. The van der Waals surface area contributed by atoms with E-state index in [2.05, 4.69) is 29.1 Å². The van der Waals surface area contributed by atoms with E-state index in [9.17, 15) is 0 Å². The maximum Gasteiger partial charge on any atom is 0.145 e. The highest BCUT2D eigenvalue weighted by Gasteiger charge is 2.21. The molecule has 3 N–H and O–H groups in total. The highest BCUT2D eigenvalue weighted by Crippen LogP contribution is 2.20. The summed E-state index contributed by atoms with van der Waals surface area (Å²) in [6.07, 6.45) is 3.73. The molecule has 1 atom stereocenters. The summed E-state index contributed by atoms with van der Waals surface area (Å²) in [5, 5.41) is 3.42. The summed E-state index contributed by atoms with van der Waals surface area (Å²) in [4.78, 5) is 8.77. The standard InChI is InChI=1S/C12H22N4/c1-5-12(4,6-7-13)16-11-8-14-9(2)10(3)15-11/h8H,5-7,13H2,1-4H3,(H,15,16). The molecule has 0 aliphatic carbocycles. The van der Waals surface area contributed by atoms with Gasteiger partial charge in [-0.05, 0) is 40.2 Å². The molecule has 1 aromatic rings. The van der Waals surface area contributed by atoms with E-state index in [1.165, 1.54) is 0 Å². The van der Waals surface area contributed by atoms with Crippen molar-refractivity contribution in [3.8, 4) is 0 Å². The van der Waals surface area contributed by atoms with Crippen molar-refractivity contribution in [1.82, 2.24) is 9.97 Å². The minimum atomic E-state index is 0.00509. The molecule has 0 saturated heterocycles. The van der Waals surface area contributed by atoms with Crippen LogP contribution in [0.15, 0.2) is 6.20 Å². The number of aryl methyl sites for hydroxylation is 2. The van der Waals surface area contributed by atoms with Crippen molar-refractivity contribution in [1.29, 1.82) is 0 Å². The van der Waals surface area contributed by atoms with E-state index in [-0.39, 0.29) is 5.54 Å². The molecule has 1 rings (SSSR count). The normalized spacial score (nSPS) is 14.6. The number of hydrogen-bond donors (Lipinski definition) is 2. The first kappa shape index (κ1) is 12.9. The monoisotopic (exact) mass is 222 g/mol. The smallest absolute Gasteiger partial charge is 0.145 e. The van der Waals surface area contributed by atoms with Gasteiger partial charge in [-0.3, -0.25) is 4.98 Å². The van der Waals surface area contributed by atoms with E-state index in [1.54, 1.807) is 6.20 Å². The molecule has 0 aliphatic rings. The lowest BCUT2D eigenvalue weighted by Crippen LogP contribution is -2.36. The van der Waals surface area contributed by atoms with Crippen LogP contribution in [0.3, 0.4) is 0 Å². The van der Waals surface area contributed by atoms with Gasteiger partial charge in [0.1, 0.15) is 5.82 Å². The van der Waals surface area contributed by atoms with Crippen LogP contribution in [-0.4, -0.2) is 22.1 Å². The van der Waals surface area contributed by atoms with Gasteiger partial charge < -0.3 is 11.1 Å². The van der Waals surface area contributed by atoms with Gasteiger partial charge in [-0.1, -0.05) is 6.92 Å². The van der Waals surface area contributed by atoms with E-state index in [0.717, 1.165) is 30.0 Å². The van der Waals surface area contributed by atoms with E-state index in [0.29, 0.717) is 6.54 Å². The van der Waals surface area contributed by atoms with Gasteiger partial charge in [0.05, 0.1) is 17.6 Å². The number of anilines is 1. The predicted molar refractivity (Wildman–Crippen MR) is 67.5 cm³/mol. The second kappa shape index (κ2) is 5.25. The number of nitrogens with two attached hydrogens (primary N) is 1. The van der Waals surface area contributed by atoms with Gasteiger partial charge in [-0.2, -0.15) is 0 Å². The third-order valence-corrected chi connectivity index (χ3v) is 3.10. The van der Waals surface area contributed by atoms with Gasteiger partial charge in [0.25, 0.3) is 0 Å². The molecular formula is C12H22N4. The van der Waals surface area contributed by atoms with Crippen molar-refractivity contribution in [3.05, 3.63) is 17.6 Å². The van der Waals surface area contributed by atoms with Crippen LogP contribution in [0.5, 0.6) is 0 Å². The molecule has 0 saturated carbocycles. The summed E-state index contributed by atoms with van der Waals surface area (Å²) >= 11 is 0. The van der Waals surface area contributed by atoms with Crippen molar-refractivity contribution in [2.75, 3.05) is 11.9 Å². The second-order valence-corrected chi connectivity index (χ2v) is 4.50. The number of hydrogen-bond acceptors (Lipinski definition) is 4. The Morgan fingerprint density at radius 1 is 1.38 bits per heavy atom. The van der Waals surface area contributed by atoms with Gasteiger partial charge in [0.2, 0.25) is 0 Å². The number of rotatable bonds is 5. The number of nitrogens with zero attached hydrogens (tertiary/aromatic N) is 2. The van der Waals surface area contributed by atoms with Gasteiger partial charge in [-0.25, -0.2) is 4.98 Å². The third kappa shape index (κ3) is 3.17. The first-order valence-corrected chi connectivity index (χ1v) is 5.79. The van der Waals surface area contributed by atoms with Crippen molar-refractivity contribution in [2.24, 2.45) is 5.73 Å². The van der Waals surface area contributed by atoms with E-state index in [4.69, 9.17) is 5.73 Å². The summed E-state index contributed by atoms with van der Waals surface area (Å²) in [5.74, 6) is 0.834. The minimum Gasteiger partial charge on any atom is -0.364 e. The Bertz CT molecular complexity index is 351. The van der Waals surface area contributed by atoms with Crippen molar-refractivity contribution in [3.63, 3.8) is 0 Å². The first-order valence-electron chi connectivity index (χ1n) is 5.79. The largest absolute Gasteiger partial charge is 0.364 e. The van der Waals surface area contributed by atoms with Crippen molar-refractivity contribution < 1.29 is 0 Å². The Labute approximate surface area is 97.7 Å². The van der Waals surface area contributed by atoms with Crippen LogP contribution < -0.4 is 11.1 Å². The average molecular weight is 222 g/mol. The van der Waals surface area contributed by atoms with Gasteiger partial charge in [0.15, 0.2) is 0 Å². The molecule has 0 fully saturated rings. The number of aromatic nitrogens is 2. The molecule has 90 valence electrons. The molecule has 0 aliphatic heterocycles. The Morgan fingerprint density at radius 3 is 2.56 bits per heavy atom. The van der Waals surface area contributed by atoms with E-state index >= 15 is 0 Å². The zero-order chi connectivity index (χ0) is 12.2.